The summed E-state index contributed by atoms with van der Waals surface area (Å²) in [7, 11) is 1.66. The van der Waals surface area contributed by atoms with Crippen molar-refractivity contribution in [1.82, 2.24) is 10.2 Å². The lowest BCUT2D eigenvalue weighted by Crippen LogP contribution is -2.48. The molecule has 5 nitrogen and oxygen atoms in total. The van der Waals surface area contributed by atoms with E-state index in [9.17, 15) is 9.59 Å². The van der Waals surface area contributed by atoms with Crippen LogP contribution in [-0.2, 0) is 14.3 Å². The maximum Gasteiger partial charge on any atom is 0.245 e. The van der Waals surface area contributed by atoms with Gasteiger partial charge in [-0.2, -0.15) is 0 Å². The molecule has 18 heavy (non-hydrogen) atoms. The van der Waals surface area contributed by atoms with Crippen LogP contribution in [0.1, 0.15) is 27.2 Å². The molecule has 2 unspecified atom stereocenters. The van der Waals surface area contributed by atoms with Crippen molar-refractivity contribution < 1.29 is 14.3 Å². The van der Waals surface area contributed by atoms with Crippen LogP contribution in [0.2, 0.25) is 0 Å². The second-order valence-corrected chi connectivity index (χ2v) is 5.38. The summed E-state index contributed by atoms with van der Waals surface area (Å²) in [5, 5.41) is 2.80. The highest BCUT2D eigenvalue weighted by atomic mass is 16.5. The lowest BCUT2D eigenvalue weighted by atomic mass is 10.0. The van der Waals surface area contributed by atoms with Crippen molar-refractivity contribution in [3.05, 3.63) is 0 Å². The highest BCUT2D eigenvalue weighted by molar-refractivity contribution is 5.90. The second-order valence-electron chi connectivity index (χ2n) is 5.38. The smallest absolute Gasteiger partial charge is 0.245 e. The molecular formula is C13H24N2O3. The minimum atomic E-state index is -0.394. The Hall–Kier alpha value is -1.10. The molecule has 5 heteroatoms. The van der Waals surface area contributed by atoms with Gasteiger partial charge in [0.2, 0.25) is 11.8 Å². The third-order valence-corrected chi connectivity index (χ3v) is 3.15. The first-order chi connectivity index (χ1) is 8.45. The molecule has 0 bridgehead atoms. The maximum atomic E-state index is 12.3. The summed E-state index contributed by atoms with van der Waals surface area (Å²) in [4.78, 5) is 25.7. The number of ether oxygens (including phenoxy) is 1. The lowest BCUT2D eigenvalue weighted by Gasteiger charge is -2.28. The predicted octanol–water partition coefficient (Wildman–Crippen LogP) is 0.642. The Kier molecular flexibility index (Phi) is 5.59. The Labute approximate surface area is 109 Å². The summed E-state index contributed by atoms with van der Waals surface area (Å²) in [5.74, 6) is 0.377. The van der Waals surface area contributed by atoms with E-state index < -0.39 is 6.04 Å². The topological polar surface area (TPSA) is 58.6 Å². The minimum absolute atomic E-state index is 0.0267. The van der Waals surface area contributed by atoms with Gasteiger partial charge in [-0.3, -0.25) is 9.59 Å². The number of carbonyl (C=O) groups is 2. The van der Waals surface area contributed by atoms with Crippen LogP contribution < -0.4 is 5.32 Å². The lowest BCUT2D eigenvalue weighted by molar-refractivity contribution is -0.135. The highest BCUT2D eigenvalue weighted by Gasteiger charge is 2.32. The standard InChI is InChI=1S/C13H24N2O3/c1-9(2)12-13(17)15(6-5-11(16)14-12)7-10(3)8-18-4/h9-10,12H,5-8H2,1-4H3,(H,14,16). The summed E-state index contributed by atoms with van der Waals surface area (Å²) in [6.07, 6.45) is 0.384. The van der Waals surface area contributed by atoms with E-state index in [-0.39, 0.29) is 23.7 Å². The van der Waals surface area contributed by atoms with Crippen molar-refractivity contribution in [2.24, 2.45) is 11.8 Å². The number of carbonyl (C=O) groups excluding carboxylic acids is 2. The fourth-order valence-electron chi connectivity index (χ4n) is 2.20. The zero-order valence-corrected chi connectivity index (χ0v) is 11.7. The van der Waals surface area contributed by atoms with E-state index in [1.54, 1.807) is 12.0 Å². The third-order valence-electron chi connectivity index (χ3n) is 3.15. The van der Waals surface area contributed by atoms with E-state index in [1.807, 2.05) is 20.8 Å². The number of methoxy groups -OCH3 is 1. The average molecular weight is 256 g/mol. The average Bonchev–Trinajstić information content (AvgIpc) is 2.42. The summed E-state index contributed by atoms with van der Waals surface area (Å²) in [6.45, 7) is 7.71. The molecule has 1 fully saturated rings. The second kappa shape index (κ2) is 6.73. The van der Waals surface area contributed by atoms with Crippen molar-refractivity contribution in [2.75, 3.05) is 26.8 Å². The molecule has 2 amide bonds. The Balaban J connectivity index is 2.71. The van der Waals surface area contributed by atoms with Gasteiger partial charge in [-0.05, 0) is 11.8 Å². The van der Waals surface area contributed by atoms with E-state index >= 15 is 0 Å². The van der Waals surface area contributed by atoms with Gasteiger partial charge in [0, 0.05) is 26.6 Å². The van der Waals surface area contributed by atoms with Gasteiger partial charge in [-0.25, -0.2) is 0 Å². The Morgan fingerprint density at radius 3 is 2.61 bits per heavy atom. The number of nitrogens with zero attached hydrogens (tertiary/aromatic N) is 1. The van der Waals surface area contributed by atoms with Gasteiger partial charge >= 0.3 is 0 Å². The number of nitrogens with one attached hydrogen (secondary N) is 1. The number of rotatable bonds is 5. The zero-order chi connectivity index (χ0) is 13.7. The molecule has 1 saturated heterocycles. The molecule has 1 aliphatic rings. The summed E-state index contributed by atoms with van der Waals surface area (Å²) in [6, 6.07) is -0.394. The molecule has 0 aromatic heterocycles. The SMILES string of the molecule is COCC(C)CN1CCC(=O)NC(C(C)C)C1=O. The van der Waals surface area contributed by atoms with Crippen LogP contribution in [0.4, 0.5) is 0 Å². The first-order valence-corrected chi connectivity index (χ1v) is 6.52. The Morgan fingerprint density at radius 2 is 2.06 bits per heavy atom. The van der Waals surface area contributed by atoms with Crippen molar-refractivity contribution in [3.63, 3.8) is 0 Å². The molecule has 0 radical (unpaired) electrons. The third kappa shape index (κ3) is 3.98. The van der Waals surface area contributed by atoms with Crippen LogP contribution in [0.25, 0.3) is 0 Å². The first kappa shape index (κ1) is 15.0. The molecule has 0 aromatic rings. The Bertz CT molecular complexity index is 305. The number of amides is 2. The van der Waals surface area contributed by atoms with Crippen LogP contribution in [-0.4, -0.2) is 49.6 Å². The monoisotopic (exact) mass is 256 g/mol. The van der Waals surface area contributed by atoms with Gasteiger partial charge in [-0.15, -0.1) is 0 Å². The Morgan fingerprint density at radius 1 is 1.39 bits per heavy atom. The largest absolute Gasteiger partial charge is 0.384 e. The van der Waals surface area contributed by atoms with Crippen LogP contribution in [0, 0.1) is 11.8 Å². The van der Waals surface area contributed by atoms with Crippen LogP contribution >= 0.6 is 0 Å². The minimum Gasteiger partial charge on any atom is -0.384 e. The highest BCUT2D eigenvalue weighted by Crippen LogP contribution is 2.13. The van der Waals surface area contributed by atoms with Gasteiger partial charge < -0.3 is 15.0 Å². The number of hydrogen-bond acceptors (Lipinski definition) is 3. The van der Waals surface area contributed by atoms with E-state index in [2.05, 4.69) is 5.32 Å². The van der Waals surface area contributed by atoms with Gasteiger partial charge in [0.15, 0.2) is 0 Å². The van der Waals surface area contributed by atoms with E-state index in [0.717, 1.165) is 0 Å². The molecule has 1 N–H and O–H groups in total. The van der Waals surface area contributed by atoms with E-state index in [0.29, 0.717) is 26.1 Å². The molecule has 0 aliphatic carbocycles. The summed E-state index contributed by atoms with van der Waals surface area (Å²) >= 11 is 0. The fourth-order valence-corrected chi connectivity index (χ4v) is 2.20. The molecule has 0 aromatic carbocycles. The molecular weight excluding hydrogens is 232 g/mol. The van der Waals surface area contributed by atoms with Crippen LogP contribution in [0.5, 0.6) is 0 Å². The molecule has 2 atom stereocenters. The van der Waals surface area contributed by atoms with Crippen LogP contribution in [0.15, 0.2) is 0 Å². The number of hydrogen-bond donors (Lipinski definition) is 1. The first-order valence-electron chi connectivity index (χ1n) is 6.52. The molecule has 1 heterocycles. The molecule has 1 aliphatic heterocycles. The van der Waals surface area contributed by atoms with Gasteiger partial charge in [-0.1, -0.05) is 20.8 Å². The van der Waals surface area contributed by atoms with E-state index in [4.69, 9.17) is 4.74 Å². The normalized spacial score (nSPS) is 22.9. The molecule has 0 saturated carbocycles. The molecule has 1 rings (SSSR count). The molecule has 104 valence electrons. The summed E-state index contributed by atoms with van der Waals surface area (Å²) < 4.78 is 5.09. The van der Waals surface area contributed by atoms with Crippen molar-refractivity contribution >= 4 is 11.8 Å². The molecule has 0 spiro atoms. The van der Waals surface area contributed by atoms with Crippen LogP contribution in [0.3, 0.4) is 0 Å². The van der Waals surface area contributed by atoms with Crippen molar-refractivity contribution in [2.45, 2.75) is 33.2 Å². The quantitative estimate of drug-likeness (QED) is 0.785. The van der Waals surface area contributed by atoms with Gasteiger partial charge in [0.25, 0.3) is 0 Å². The summed E-state index contributed by atoms with van der Waals surface area (Å²) in [5.41, 5.74) is 0. The van der Waals surface area contributed by atoms with Crippen molar-refractivity contribution in [1.29, 1.82) is 0 Å². The zero-order valence-electron chi connectivity index (χ0n) is 11.7. The van der Waals surface area contributed by atoms with E-state index in [1.165, 1.54) is 0 Å². The fraction of sp³-hybridized carbons (Fsp3) is 0.846. The van der Waals surface area contributed by atoms with Crippen molar-refractivity contribution in [3.8, 4) is 0 Å². The van der Waals surface area contributed by atoms with Gasteiger partial charge in [0.05, 0.1) is 6.61 Å². The predicted molar refractivity (Wildman–Crippen MR) is 69.0 cm³/mol. The maximum absolute atomic E-state index is 12.3. The van der Waals surface area contributed by atoms with Gasteiger partial charge in [0.1, 0.15) is 6.04 Å².